The van der Waals surface area contributed by atoms with Crippen LogP contribution in [0.3, 0.4) is 0 Å². The standard InChI is InChI=1S/C46H60F2N6O7SSi/c1-63(2,3)26-24-61-46(60)51-20-10-23-53(44(59)32-62-25-19-40(55)49-21-22-50-41(56)31-54-42(57)17-18-43(54)58)45(34-13-8-5-9-14-34)39-27-35(37-28-36(47)15-16-38(37)48)30-52(39)29-33-11-6-4-7-12-33/h4,6-7,11-12,15-18,27-28,30,34,45H,5,8-10,13-14,19-26,29,31-32H2,1-3H3,(H,49,55)(H,50,56)(H,51,60)/t45-/m1/s1. The Morgan fingerprint density at radius 2 is 1.59 bits per heavy atom. The summed E-state index contributed by atoms with van der Waals surface area (Å²) in [4.78, 5) is 78.2. The van der Waals surface area contributed by atoms with Crippen LogP contribution in [0.25, 0.3) is 11.1 Å². The molecule has 1 aliphatic heterocycles. The zero-order valence-corrected chi connectivity index (χ0v) is 38.3. The van der Waals surface area contributed by atoms with Crippen molar-refractivity contribution in [3.8, 4) is 11.1 Å². The molecule has 13 nitrogen and oxygen atoms in total. The zero-order chi connectivity index (χ0) is 45.4. The largest absolute Gasteiger partial charge is 0.450 e. The number of imide groups is 1. The van der Waals surface area contributed by atoms with Crippen LogP contribution in [0.5, 0.6) is 0 Å². The average Bonchev–Trinajstić information content (AvgIpc) is 3.80. The number of benzene rings is 2. The highest BCUT2D eigenvalue weighted by Crippen LogP contribution is 2.41. The van der Waals surface area contributed by atoms with Crippen molar-refractivity contribution in [2.75, 3.05) is 50.8 Å². The highest BCUT2D eigenvalue weighted by molar-refractivity contribution is 7.99. The van der Waals surface area contributed by atoms with E-state index in [1.807, 2.05) is 52.1 Å². The predicted octanol–water partition coefficient (Wildman–Crippen LogP) is 6.67. The van der Waals surface area contributed by atoms with E-state index < -0.39 is 56.1 Å². The van der Waals surface area contributed by atoms with Crippen LogP contribution in [0.1, 0.15) is 62.2 Å². The summed E-state index contributed by atoms with van der Waals surface area (Å²) in [6, 6.07) is 15.5. The third kappa shape index (κ3) is 15.5. The van der Waals surface area contributed by atoms with Crippen molar-refractivity contribution in [2.45, 2.75) is 83.2 Å². The molecule has 340 valence electrons. The molecule has 0 saturated heterocycles. The second kappa shape index (κ2) is 24.0. The molecule has 3 aromatic rings. The summed E-state index contributed by atoms with van der Waals surface area (Å²) in [6.07, 6.45) is 8.89. The molecule has 1 fully saturated rings. The Labute approximate surface area is 373 Å². The average molecular weight is 907 g/mol. The highest BCUT2D eigenvalue weighted by Gasteiger charge is 2.35. The van der Waals surface area contributed by atoms with Crippen molar-refractivity contribution in [3.63, 3.8) is 0 Å². The first kappa shape index (κ1) is 48.7. The minimum atomic E-state index is -1.40. The summed E-state index contributed by atoms with van der Waals surface area (Å²) < 4.78 is 37.4. The summed E-state index contributed by atoms with van der Waals surface area (Å²) in [5.41, 5.74) is 2.44. The lowest BCUT2D eigenvalue weighted by atomic mass is 9.81. The van der Waals surface area contributed by atoms with Crippen LogP contribution in [-0.4, -0.2) is 109 Å². The summed E-state index contributed by atoms with van der Waals surface area (Å²) >= 11 is 1.33. The first-order valence-electron chi connectivity index (χ1n) is 21.7. The van der Waals surface area contributed by atoms with Gasteiger partial charge in [0.1, 0.15) is 18.2 Å². The van der Waals surface area contributed by atoms with Gasteiger partial charge in [-0.25, -0.2) is 13.6 Å². The maximum atomic E-state index is 15.4. The Kier molecular flexibility index (Phi) is 18.5. The van der Waals surface area contributed by atoms with Gasteiger partial charge in [0.15, 0.2) is 0 Å². The first-order valence-corrected chi connectivity index (χ1v) is 26.6. The van der Waals surface area contributed by atoms with Crippen LogP contribution < -0.4 is 16.0 Å². The Morgan fingerprint density at radius 3 is 2.29 bits per heavy atom. The number of ether oxygens (including phenoxy) is 1. The van der Waals surface area contributed by atoms with Gasteiger partial charge in [0.2, 0.25) is 17.7 Å². The summed E-state index contributed by atoms with van der Waals surface area (Å²) in [5, 5.41) is 8.16. The minimum absolute atomic E-state index is 0.0704. The first-order chi connectivity index (χ1) is 30.2. The summed E-state index contributed by atoms with van der Waals surface area (Å²) in [7, 11) is -1.40. The molecule has 0 spiro atoms. The van der Waals surface area contributed by atoms with Gasteiger partial charge in [-0.1, -0.05) is 69.2 Å². The fourth-order valence-corrected chi connectivity index (χ4v) is 9.24. The molecule has 1 saturated carbocycles. The lowest BCUT2D eigenvalue weighted by Crippen LogP contribution is -2.43. The fraction of sp³-hybridized carbons (Fsp3) is 0.478. The molecular formula is C46H60F2N6O7SSi. The van der Waals surface area contributed by atoms with Gasteiger partial charge < -0.3 is 30.2 Å². The van der Waals surface area contributed by atoms with Gasteiger partial charge in [-0.15, -0.1) is 0 Å². The normalized spacial score (nSPS) is 14.7. The van der Waals surface area contributed by atoms with E-state index in [1.54, 1.807) is 0 Å². The monoisotopic (exact) mass is 906 g/mol. The van der Waals surface area contributed by atoms with Crippen molar-refractivity contribution in [1.82, 2.24) is 30.3 Å². The molecule has 17 heteroatoms. The van der Waals surface area contributed by atoms with Crippen LogP contribution in [0.4, 0.5) is 13.6 Å². The molecule has 0 bridgehead atoms. The number of thioether (sulfide) groups is 1. The highest BCUT2D eigenvalue weighted by atomic mass is 32.2. The van der Waals surface area contributed by atoms with Crippen molar-refractivity contribution in [1.29, 1.82) is 0 Å². The molecular weight excluding hydrogens is 847 g/mol. The van der Waals surface area contributed by atoms with E-state index in [2.05, 4.69) is 35.6 Å². The van der Waals surface area contributed by atoms with E-state index in [1.165, 1.54) is 17.8 Å². The van der Waals surface area contributed by atoms with Crippen LogP contribution in [0.15, 0.2) is 72.9 Å². The number of hydrogen-bond acceptors (Lipinski definition) is 8. The third-order valence-corrected chi connectivity index (χ3v) is 13.7. The zero-order valence-electron chi connectivity index (χ0n) is 36.5. The number of carbonyl (C=O) groups is 6. The third-order valence-electron chi connectivity index (χ3n) is 11.0. The molecule has 0 radical (unpaired) electrons. The number of halogens is 2. The van der Waals surface area contributed by atoms with Gasteiger partial charge in [0, 0.05) is 88.1 Å². The number of aromatic nitrogens is 1. The fourth-order valence-electron chi connectivity index (χ4n) is 7.71. The smallest absolute Gasteiger partial charge is 0.407 e. The molecule has 0 unspecified atom stereocenters. The van der Waals surface area contributed by atoms with E-state index in [-0.39, 0.29) is 55.1 Å². The SMILES string of the molecule is C[Si](C)(C)CCOC(=O)NCCCN(C(=O)CSCCC(=O)NCCNC(=O)CN1C(=O)C=CC1=O)[C@@H](c1cc(-c2cc(F)ccc2F)cn1Cc1ccccc1)C1CCCCC1. The summed E-state index contributed by atoms with van der Waals surface area (Å²) in [5.74, 6) is -2.68. The molecule has 1 atom stereocenters. The van der Waals surface area contributed by atoms with E-state index in [0.717, 1.165) is 78.6 Å². The number of amides is 6. The maximum absolute atomic E-state index is 15.4. The lowest BCUT2D eigenvalue weighted by molar-refractivity contribution is -0.141. The van der Waals surface area contributed by atoms with Gasteiger partial charge in [0.05, 0.1) is 18.4 Å². The van der Waals surface area contributed by atoms with Crippen molar-refractivity contribution in [3.05, 3.63) is 95.8 Å². The number of alkyl carbamates (subject to hydrolysis) is 1. The number of nitrogens with one attached hydrogen (secondary N) is 3. The summed E-state index contributed by atoms with van der Waals surface area (Å²) in [6.45, 7) is 7.81. The topological polar surface area (TPSA) is 159 Å². The molecule has 5 rings (SSSR count). The van der Waals surface area contributed by atoms with Gasteiger partial charge in [-0.3, -0.25) is 28.9 Å². The second-order valence-corrected chi connectivity index (χ2v) is 23.9. The Balaban J connectivity index is 1.30. The number of nitrogens with zero attached hydrogens (tertiary/aromatic N) is 3. The quantitative estimate of drug-likeness (QED) is 0.0541. The molecule has 3 N–H and O–H groups in total. The number of carbonyl (C=O) groups excluding carboxylic acids is 6. The van der Waals surface area contributed by atoms with Gasteiger partial charge >= 0.3 is 6.09 Å². The van der Waals surface area contributed by atoms with E-state index in [9.17, 15) is 33.2 Å². The number of rotatable bonds is 23. The molecule has 2 heterocycles. The van der Waals surface area contributed by atoms with Gasteiger partial charge in [-0.2, -0.15) is 11.8 Å². The predicted molar refractivity (Wildman–Crippen MR) is 242 cm³/mol. The Bertz CT molecular complexity index is 2070. The van der Waals surface area contributed by atoms with Crippen LogP contribution in [-0.2, 0) is 35.3 Å². The molecule has 1 aliphatic carbocycles. The van der Waals surface area contributed by atoms with Crippen LogP contribution in [0.2, 0.25) is 25.7 Å². The van der Waals surface area contributed by atoms with Crippen molar-refractivity contribution >= 4 is 55.5 Å². The van der Waals surface area contributed by atoms with Gasteiger partial charge in [0.25, 0.3) is 11.8 Å². The second-order valence-electron chi connectivity index (χ2n) is 17.1. The van der Waals surface area contributed by atoms with Crippen molar-refractivity contribution in [2.24, 2.45) is 5.92 Å². The molecule has 2 aliphatic rings. The maximum Gasteiger partial charge on any atom is 0.407 e. The minimum Gasteiger partial charge on any atom is -0.450 e. The van der Waals surface area contributed by atoms with Gasteiger partial charge in [-0.05, 0) is 61.1 Å². The Morgan fingerprint density at radius 1 is 0.889 bits per heavy atom. The van der Waals surface area contributed by atoms with E-state index in [4.69, 9.17) is 4.74 Å². The lowest BCUT2D eigenvalue weighted by Gasteiger charge is -2.40. The molecule has 6 amide bonds. The van der Waals surface area contributed by atoms with Crippen molar-refractivity contribution < 1.29 is 42.3 Å². The van der Waals surface area contributed by atoms with E-state index >= 15 is 4.39 Å². The van der Waals surface area contributed by atoms with E-state index in [0.29, 0.717) is 37.4 Å². The van der Waals surface area contributed by atoms with Crippen LogP contribution in [0, 0.1) is 17.6 Å². The Hall–Kier alpha value is -5.29. The molecule has 2 aromatic carbocycles. The van der Waals surface area contributed by atoms with Crippen LogP contribution >= 0.6 is 11.8 Å². The molecule has 1 aromatic heterocycles. The number of hydrogen-bond donors (Lipinski definition) is 3. The molecule has 63 heavy (non-hydrogen) atoms.